The molecule has 9 heteroatoms. The lowest BCUT2D eigenvalue weighted by molar-refractivity contribution is -0.384. The molecule has 0 fully saturated rings. The lowest BCUT2D eigenvalue weighted by Crippen LogP contribution is -2.14. The Labute approximate surface area is 118 Å². The van der Waals surface area contributed by atoms with Gasteiger partial charge in [0.2, 0.25) is 5.82 Å². The topological polar surface area (TPSA) is 114 Å². The molecule has 0 spiro atoms. The maximum Gasteiger partial charge on any atom is 0.295 e. The first-order valence-corrected chi connectivity index (χ1v) is 6.05. The number of H-pyrrole nitrogens is 1. The summed E-state index contributed by atoms with van der Waals surface area (Å²) in [6, 6.07) is 3.76. The van der Waals surface area contributed by atoms with Gasteiger partial charge in [-0.15, -0.1) is 5.10 Å². The number of halogens is 1. The zero-order valence-corrected chi connectivity index (χ0v) is 11.1. The fourth-order valence-corrected chi connectivity index (χ4v) is 1.62. The molecule has 0 aliphatic carbocycles. The average molecular weight is 296 g/mol. The van der Waals surface area contributed by atoms with Crippen LogP contribution in [0.5, 0.6) is 0 Å². The number of anilines is 1. The predicted octanol–water partition coefficient (Wildman–Crippen LogP) is 2.18. The summed E-state index contributed by atoms with van der Waals surface area (Å²) in [7, 11) is 0. The van der Waals surface area contributed by atoms with Crippen LogP contribution in [0.4, 0.5) is 11.4 Å². The summed E-state index contributed by atoms with van der Waals surface area (Å²) in [5, 5.41) is 19.7. The Kier molecular flexibility index (Phi) is 3.94. The largest absolute Gasteiger partial charge is 0.318 e. The van der Waals surface area contributed by atoms with Gasteiger partial charge in [-0.1, -0.05) is 18.5 Å². The number of carbonyl (C=O) groups excluding carboxylic acids is 1. The predicted molar refractivity (Wildman–Crippen MR) is 71.8 cm³/mol. The van der Waals surface area contributed by atoms with Crippen molar-refractivity contribution in [2.24, 2.45) is 0 Å². The molecule has 0 saturated heterocycles. The number of benzene rings is 1. The monoisotopic (exact) mass is 295 g/mol. The zero-order chi connectivity index (χ0) is 14.7. The number of nitrogens with zero attached hydrogens (tertiary/aromatic N) is 3. The van der Waals surface area contributed by atoms with Crippen LogP contribution >= 0.6 is 11.6 Å². The number of hydrogen-bond acceptors (Lipinski definition) is 5. The highest BCUT2D eigenvalue weighted by Gasteiger charge is 2.16. The quantitative estimate of drug-likeness (QED) is 0.663. The maximum absolute atomic E-state index is 11.9. The van der Waals surface area contributed by atoms with E-state index < -0.39 is 10.8 Å². The van der Waals surface area contributed by atoms with E-state index in [4.69, 9.17) is 11.6 Å². The van der Waals surface area contributed by atoms with Crippen LogP contribution in [0.3, 0.4) is 0 Å². The molecular formula is C11H10ClN5O3. The smallest absolute Gasteiger partial charge is 0.295 e. The number of nitro benzene ring substituents is 1. The highest BCUT2D eigenvalue weighted by Crippen LogP contribution is 2.26. The van der Waals surface area contributed by atoms with Gasteiger partial charge in [0, 0.05) is 18.6 Å². The molecule has 1 heterocycles. The maximum atomic E-state index is 11.9. The van der Waals surface area contributed by atoms with Crippen molar-refractivity contribution in [3.63, 3.8) is 0 Å². The van der Waals surface area contributed by atoms with Crippen LogP contribution in [0.15, 0.2) is 18.2 Å². The van der Waals surface area contributed by atoms with E-state index in [2.05, 4.69) is 20.5 Å². The summed E-state index contributed by atoms with van der Waals surface area (Å²) in [6.45, 7) is 1.86. The number of aromatic nitrogens is 3. The van der Waals surface area contributed by atoms with Gasteiger partial charge in [0.15, 0.2) is 0 Å². The van der Waals surface area contributed by atoms with Crippen LogP contribution in [0, 0.1) is 10.1 Å². The van der Waals surface area contributed by atoms with Crippen LogP contribution in [0.1, 0.15) is 23.4 Å². The lowest BCUT2D eigenvalue weighted by Gasteiger charge is -2.04. The molecule has 20 heavy (non-hydrogen) atoms. The lowest BCUT2D eigenvalue weighted by atomic mass is 10.2. The second-order valence-electron chi connectivity index (χ2n) is 3.83. The van der Waals surface area contributed by atoms with Gasteiger partial charge in [-0.2, -0.15) is 0 Å². The number of rotatable bonds is 4. The molecule has 0 saturated carbocycles. The van der Waals surface area contributed by atoms with Crippen molar-refractivity contribution in [1.29, 1.82) is 0 Å². The second kappa shape index (κ2) is 5.66. The Morgan fingerprint density at radius 3 is 2.90 bits per heavy atom. The number of amides is 1. The Morgan fingerprint density at radius 2 is 2.30 bits per heavy atom. The third-order valence-corrected chi connectivity index (χ3v) is 2.81. The molecule has 0 bridgehead atoms. The summed E-state index contributed by atoms with van der Waals surface area (Å²) < 4.78 is 0. The number of nitro groups is 1. The molecule has 2 aromatic rings. The number of aryl methyl sites for hydroxylation is 1. The minimum atomic E-state index is -0.594. The van der Waals surface area contributed by atoms with Crippen molar-refractivity contribution in [2.45, 2.75) is 13.3 Å². The summed E-state index contributed by atoms with van der Waals surface area (Å²) >= 11 is 5.88. The van der Waals surface area contributed by atoms with Crippen molar-refractivity contribution < 1.29 is 9.72 Å². The van der Waals surface area contributed by atoms with E-state index in [0.717, 1.165) is 0 Å². The van der Waals surface area contributed by atoms with E-state index in [9.17, 15) is 14.9 Å². The van der Waals surface area contributed by atoms with Crippen LogP contribution < -0.4 is 5.32 Å². The molecule has 0 unspecified atom stereocenters. The first-order valence-electron chi connectivity index (χ1n) is 5.67. The van der Waals surface area contributed by atoms with Gasteiger partial charge in [0.1, 0.15) is 5.82 Å². The molecular weight excluding hydrogens is 286 g/mol. The number of nitrogens with one attached hydrogen (secondary N) is 2. The highest BCUT2D eigenvalue weighted by molar-refractivity contribution is 6.34. The Hall–Kier alpha value is -2.48. The number of carbonyl (C=O) groups is 1. The van der Waals surface area contributed by atoms with E-state index in [0.29, 0.717) is 12.2 Å². The van der Waals surface area contributed by atoms with Crippen LogP contribution in [0.25, 0.3) is 0 Å². The van der Waals surface area contributed by atoms with E-state index >= 15 is 0 Å². The average Bonchev–Trinajstić information content (AvgIpc) is 2.89. The molecule has 0 radical (unpaired) electrons. The fraction of sp³-hybridized carbons (Fsp3) is 0.182. The molecule has 1 aromatic heterocycles. The van der Waals surface area contributed by atoms with Crippen molar-refractivity contribution in [2.75, 3.05) is 5.32 Å². The normalized spacial score (nSPS) is 10.3. The molecule has 0 atom stereocenters. The van der Waals surface area contributed by atoms with Gasteiger partial charge in [0.05, 0.1) is 15.6 Å². The Bertz CT molecular complexity index is 670. The first kappa shape index (κ1) is 13.9. The molecule has 8 nitrogen and oxygen atoms in total. The van der Waals surface area contributed by atoms with Gasteiger partial charge < -0.3 is 5.32 Å². The summed E-state index contributed by atoms with van der Waals surface area (Å²) in [5.41, 5.74) is -0.0392. The summed E-state index contributed by atoms with van der Waals surface area (Å²) in [5.74, 6) is -0.0759. The van der Waals surface area contributed by atoms with E-state index in [1.807, 2.05) is 6.92 Å². The van der Waals surface area contributed by atoms with Crippen molar-refractivity contribution >= 4 is 28.9 Å². The highest BCUT2D eigenvalue weighted by atomic mass is 35.5. The summed E-state index contributed by atoms with van der Waals surface area (Å²) in [6.07, 6.45) is 0.609. The van der Waals surface area contributed by atoms with Gasteiger partial charge in [-0.05, 0) is 6.07 Å². The fourth-order valence-electron chi connectivity index (χ4n) is 1.46. The molecule has 1 amide bonds. The standard InChI is InChI=1S/C11H10ClN5O3/c1-2-9-14-10(16-15-9)11(18)13-8-5-6(17(19)20)3-4-7(8)12/h3-5H,2H2,1H3,(H,13,18)(H,14,15,16). The van der Waals surface area contributed by atoms with E-state index in [1.165, 1.54) is 18.2 Å². The molecule has 0 aliphatic rings. The van der Waals surface area contributed by atoms with Gasteiger partial charge in [-0.3, -0.25) is 20.0 Å². The van der Waals surface area contributed by atoms with Crippen molar-refractivity contribution in [3.8, 4) is 0 Å². The Morgan fingerprint density at radius 1 is 1.55 bits per heavy atom. The number of non-ortho nitro benzene ring substituents is 1. The third kappa shape index (κ3) is 2.91. The molecule has 104 valence electrons. The van der Waals surface area contributed by atoms with E-state index in [-0.39, 0.29) is 22.2 Å². The minimum Gasteiger partial charge on any atom is -0.318 e. The van der Waals surface area contributed by atoms with Gasteiger partial charge in [-0.25, -0.2) is 4.98 Å². The number of hydrogen-bond donors (Lipinski definition) is 2. The van der Waals surface area contributed by atoms with Crippen LogP contribution in [-0.2, 0) is 6.42 Å². The molecule has 1 aromatic carbocycles. The first-order chi connectivity index (χ1) is 9.51. The zero-order valence-electron chi connectivity index (χ0n) is 10.4. The van der Waals surface area contributed by atoms with Crippen molar-refractivity contribution in [1.82, 2.24) is 15.2 Å². The SMILES string of the molecule is CCc1nc(C(=O)Nc2cc([N+](=O)[O-])ccc2Cl)n[nH]1. The summed E-state index contributed by atoms with van der Waals surface area (Å²) in [4.78, 5) is 26.0. The molecule has 2 N–H and O–H groups in total. The Balaban J connectivity index is 2.22. The molecule has 0 aliphatic heterocycles. The van der Waals surface area contributed by atoms with E-state index in [1.54, 1.807) is 0 Å². The third-order valence-electron chi connectivity index (χ3n) is 2.48. The van der Waals surface area contributed by atoms with Crippen molar-refractivity contribution in [3.05, 3.63) is 45.0 Å². The van der Waals surface area contributed by atoms with Gasteiger partial charge in [0.25, 0.3) is 11.6 Å². The second-order valence-corrected chi connectivity index (χ2v) is 4.24. The van der Waals surface area contributed by atoms with Crippen LogP contribution in [0.2, 0.25) is 5.02 Å². The minimum absolute atomic E-state index is 0.0515. The van der Waals surface area contributed by atoms with Crippen LogP contribution in [-0.4, -0.2) is 26.0 Å². The molecule has 2 rings (SSSR count). The van der Waals surface area contributed by atoms with Gasteiger partial charge >= 0.3 is 0 Å². The number of aromatic amines is 1.